The normalized spacial score (nSPS) is 13.6. The minimum atomic E-state index is -0.798. The van der Waals surface area contributed by atoms with E-state index in [2.05, 4.69) is 10.6 Å². The summed E-state index contributed by atoms with van der Waals surface area (Å²) >= 11 is 0. The van der Waals surface area contributed by atoms with Crippen molar-refractivity contribution in [2.24, 2.45) is 0 Å². The number of esters is 1. The van der Waals surface area contributed by atoms with Gasteiger partial charge in [0.05, 0.1) is 12.2 Å². The van der Waals surface area contributed by atoms with Crippen LogP contribution in [0.25, 0.3) is 22.1 Å². The molecule has 4 aromatic rings. The highest BCUT2D eigenvalue weighted by molar-refractivity contribution is 6.03. The zero-order valence-electron chi connectivity index (χ0n) is 21.4. The summed E-state index contributed by atoms with van der Waals surface area (Å²) in [7, 11) is 0. The van der Waals surface area contributed by atoms with Crippen molar-refractivity contribution < 1.29 is 23.5 Å². The molecule has 2 aromatic heterocycles. The lowest BCUT2D eigenvalue weighted by atomic mass is 10.2. The molecule has 2 aromatic carbocycles. The molecule has 0 atom stereocenters. The number of anilines is 1. The fraction of sp³-hybridized carbons (Fsp3) is 0.321. The highest BCUT2D eigenvalue weighted by Crippen LogP contribution is 2.25. The topological polar surface area (TPSA) is 142 Å². The van der Waals surface area contributed by atoms with Crippen LogP contribution in [0.15, 0.2) is 62.5 Å². The van der Waals surface area contributed by atoms with Crippen molar-refractivity contribution in [1.82, 2.24) is 14.5 Å². The summed E-state index contributed by atoms with van der Waals surface area (Å²) in [5, 5.41) is 6.07. The molecule has 2 amide bonds. The maximum Gasteiger partial charge on any atom is 0.338 e. The average Bonchev–Trinajstić information content (AvgIpc) is 3.57. The van der Waals surface area contributed by atoms with E-state index >= 15 is 0 Å². The number of carbonyl (C=O) groups excluding carboxylic acids is 3. The molecule has 1 aliphatic carbocycles. The Kier molecular flexibility index (Phi) is 7.31. The summed E-state index contributed by atoms with van der Waals surface area (Å²) in [6.45, 7) is 1.02. The highest BCUT2D eigenvalue weighted by atomic mass is 16.5. The molecule has 1 aliphatic rings. The minimum absolute atomic E-state index is 0.0198. The lowest BCUT2D eigenvalue weighted by molar-refractivity contribution is -0.122. The first kappa shape index (κ1) is 26.0. The van der Waals surface area contributed by atoms with E-state index in [4.69, 9.17) is 9.15 Å². The third-order valence-electron chi connectivity index (χ3n) is 6.74. The molecule has 1 fully saturated rings. The van der Waals surface area contributed by atoms with Crippen LogP contribution in [0.3, 0.4) is 0 Å². The minimum Gasteiger partial charge on any atom is -0.462 e. The van der Waals surface area contributed by atoms with E-state index in [0.29, 0.717) is 22.2 Å². The summed E-state index contributed by atoms with van der Waals surface area (Å²) in [5.74, 6) is -1.47. The second-order valence-electron chi connectivity index (χ2n) is 9.43. The Hall–Kier alpha value is -4.67. The number of nitrogens with one attached hydrogen (secondary N) is 2. The number of carbonyl (C=O) groups is 3. The Morgan fingerprint density at radius 2 is 1.64 bits per heavy atom. The number of benzene rings is 2. The van der Waals surface area contributed by atoms with Crippen LogP contribution in [-0.4, -0.2) is 39.6 Å². The van der Waals surface area contributed by atoms with E-state index in [-0.39, 0.29) is 23.7 Å². The smallest absolute Gasteiger partial charge is 0.338 e. The van der Waals surface area contributed by atoms with E-state index in [1.165, 1.54) is 12.1 Å². The molecule has 5 rings (SSSR count). The van der Waals surface area contributed by atoms with Gasteiger partial charge in [0.25, 0.3) is 5.56 Å². The third kappa shape index (κ3) is 5.33. The summed E-state index contributed by atoms with van der Waals surface area (Å²) < 4.78 is 12.7. The maximum absolute atomic E-state index is 13.6. The molecule has 0 bridgehead atoms. The fourth-order valence-corrected chi connectivity index (χ4v) is 4.92. The third-order valence-corrected chi connectivity index (χ3v) is 6.74. The first-order valence-electron chi connectivity index (χ1n) is 12.9. The Morgan fingerprint density at radius 3 is 2.36 bits per heavy atom. The predicted octanol–water partition coefficient (Wildman–Crippen LogP) is 2.78. The van der Waals surface area contributed by atoms with E-state index in [0.717, 1.165) is 34.8 Å². The predicted molar refractivity (Wildman–Crippen MR) is 144 cm³/mol. The van der Waals surface area contributed by atoms with Crippen LogP contribution in [0.1, 0.15) is 43.0 Å². The lowest BCUT2D eigenvalue weighted by Gasteiger charge is -2.14. The van der Waals surface area contributed by atoms with Crippen LogP contribution < -0.4 is 21.9 Å². The fourth-order valence-electron chi connectivity index (χ4n) is 4.92. The molecule has 0 unspecified atom stereocenters. The van der Waals surface area contributed by atoms with Crippen molar-refractivity contribution in [2.45, 2.75) is 51.7 Å². The number of amides is 2. The Labute approximate surface area is 222 Å². The summed E-state index contributed by atoms with van der Waals surface area (Å²) in [5.41, 5.74) is -0.357. The molecule has 0 radical (unpaired) electrons. The number of para-hydroxylation sites is 1. The van der Waals surface area contributed by atoms with Crippen LogP contribution in [-0.2, 0) is 27.4 Å². The first-order valence-corrected chi connectivity index (χ1v) is 12.9. The quantitative estimate of drug-likeness (QED) is 0.332. The van der Waals surface area contributed by atoms with Crippen molar-refractivity contribution in [1.29, 1.82) is 0 Å². The average molecular weight is 533 g/mol. The summed E-state index contributed by atoms with van der Waals surface area (Å²) in [6, 6.07) is 13.0. The van der Waals surface area contributed by atoms with Crippen molar-refractivity contribution in [3.05, 3.63) is 74.9 Å². The highest BCUT2D eigenvalue weighted by Gasteiger charge is 2.24. The van der Waals surface area contributed by atoms with Crippen LogP contribution >= 0.6 is 0 Å². The standard InChI is InChI=1S/C28H28N4O7/c1-2-38-27(36)17-11-13-19(14-12-17)30-22(33)15-31-24-20-9-5-6-10-21(20)39-25(24)26(35)32(28(31)37)16-23(34)29-18-7-3-4-8-18/h5-6,9-14,18H,2-4,7-8,15-16H2,1H3,(H,29,34)(H,30,33). The number of rotatable bonds is 8. The maximum atomic E-state index is 13.6. The molecule has 1 saturated carbocycles. The molecule has 11 heteroatoms. The molecule has 2 heterocycles. The van der Waals surface area contributed by atoms with Crippen LogP contribution in [0.2, 0.25) is 0 Å². The van der Waals surface area contributed by atoms with Gasteiger partial charge in [-0.2, -0.15) is 0 Å². The zero-order valence-corrected chi connectivity index (χ0v) is 21.4. The number of hydrogen-bond donors (Lipinski definition) is 2. The molecule has 0 aliphatic heterocycles. The summed E-state index contributed by atoms with van der Waals surface area (Å²) in [6.07, 6.45) is 3.75. The molecule has 2 N–H and O–H groups in total. The van der Waals surface area contributed by atoms with Gasteiger partial charge in [0.1, 0.15) is 24.2 Å². The Bertz CT molecular complexity index is 1670. The van der Waals surface area contributed by atoms with Crippen molar-refractivity contribution in [3.8, 4) is 0 Å². The van der Waals surface area contributed by atoms with E-state index in [1.54, 1.807) is 43.3 Å². The van der Waals surface area contributed by atoms with Crippen molar-refractivity contribution in [3.63, 3.8) is 0 Å². The van der Waals surface area contributed by atoms with Gasteiger partial charge in [-0.15, -0.1) is 0 Å². The van der Waals surface area contributed by atoms with Crippen molar-refractivity contribution in [2.75, 3.05) is 11.9 Å². The van der Waals surface area contributed by atoms with Gasteiger partial charge in [0, 0.05) is 17.1 Å². The first-order chi connectivity index (χ1) is 18.9. The number of nitrogens with zero attached hydrogens (tertiary/aromatic N) is 2. The molecule has 11 nitrogen and oxygen atoms in total. The van der Waals surface area contributed by atoms with Gasteiger partial charge >= 0.3 is 11.7 Å². The van der Waals surface area contributed by atoms with Gasteiger partial charge < -0.3 is 19.8 Å². The number of hydrogen-bond acceptors (Lipinski definition) is 7. The Morgan fingerprint density at radius 1 is 0.949 bits per heavy atom. The number of aromatic nitrogens is 2. The second-order valence-corrected chi connectivity index (χ2v) is 9.43. The molecule has 202 valence electrons. The van der Waals surface area contributed by atoms with E-state index in [9.17, 15) is 24.0 Å². The monoisotopic (exact) mass is 532 g/mol. The number of ether oxygens (including phenoxy) is 1. The van der Waals surface area contributed by atoms with Gasteiger partial charge in [-0.05, 0) is 56.2 Å². The lowest BCUT2D eigenvalue weighted by Crippen LogP contribution is -2.46. The zero-order chi connectivity index (χ0) is 27.5. The summed E-state index contributed by atoms with van der Waals surface area (Å²) in [4.78, 5) is 64.5. The molecule has 0 saturated heterocycles. The van der Waals surface area contributed by atoms with Crippen molar-refractivity contribution >= 4 is 45.5 Å². The molecule has 39 heavy (non-hydrogen) atoms. The SMILES string of the molecule is CCOC(=O)c1ccc(NC(=O)Cn2c(=O)n(CC(=O)NC3CCCC3)c(=O)c3oc4ccccc4c32)cc1. The van der Waals surface area contributed by atoms with Gasteiger partial charge in [0.2, 0.25) is 17.4 Å². The Balaban J connectivity index is 1.47. The number of furan rings is 1. The van der Waals surface area contributed by atoms with Gasteiger partial charge in [-0.3, -0.25) is 19.0 Å². The van der Waals surface area contributed by atoms with Crippen LogP contribution in [0.5, 0.6) is 0 Å². The van der Waals surface area contributed by atoms with Gasteiger partial charge in [-0.25, -0.2) is 14.2 Å². The second kappa shape index (κ2) is 11.0. The molecular formula is C28H28N4O7. The van der Waals surface area contributed by atoms with Gasteiger partial charge in [-0.1, -0.05) is 25.0 Å². The molecular weight excluding hydrogens is 504 g/mol. The van der Waals surface area contributed by atoms with Crippen LogP contribution in [0, 0.1) is 0 Å². The van der Waals surface area contributed by atoms with Crippen LogP contribution in [0.4, 0.5) is 5.69 Å². The molecule has 0 spiro atoms. The largest absolute Gasteiger partial charge is 0.462 e. The van der Waals surface area contributed by atoms with E-state index < -0.39 is 42.1 Å². The van der Waals surface area contributed by atoms with E-state index in [1.807, 2.05) is 0 Å². The number of fused-ring (bicyclic) bond motifs is 3. The van der Waals surface area contributed by atoms with Gasteiger partial charge in [0.15, 0.2) is 0 Å².